The number of amides is 1. The Kier molecular flexibility index (Phi) is 4.86. The molecule has 0 saturated carbocycles. The van der Waals surface area contributed by atoms with Crippen LogP contribution in [-0.2, 0) is 4.79 Å². The largest absolute Gasteiger partial charge is 0.363 e. The fourth-order valence-corrected chi connectivity index (χ4v) is 2.00. The predicted molar refractivity (Wildman–Crippen MR) is 77.6 cm³/mol. The number of aromatic nitrogens is 1. The second kappa shape index (κ2) is 6.83. The molecule has 5 N–H and O–H groups in total. The number of para-hydroxylation sites is 1. The molecule has 0 spiro atoms. The van der Waals surface area contributed by atoms with Crippen LogP contribution in [0.5, 0.6) is 0 Å². The summed E-state index contributed by atoms with van der Waals surface area (Å²) in [5.41, 5.74) is 6.06. The summed E-state index contributed by atoms with van der Waals surface area (Å²) in [7, 11) is 0. The molecule has 1 amide bonds. The van der Waals surface area contributed by atoms with Crippen molar-refractivity contribution in [1.82, 2.24) is 15.6 Å². The molecule has 20 heavy (non-hydrogen) atoms. The van der Waals surface area contributed by atoms with Crippen molar-refractivity contribution >= 4 is 22.6 Å². The van der Waals surface area contributed by atoms with Gasteiger partial charge in [-0.3, -0.25) is 9.59 Å². The minimum Gasteiger partial charge on any atom is -0.363 e. The molecule has 1 fully saturated rings. The number of H-pyrrole nitrogens is 1. The Morgan fingerprint density at radius 2 is 1.60 bits per heavy atom. The zero-order valence-corrected chi connectivity index (χ0v) is 11.1. The fraction of sp³-hybridized carbons (Fsp3) is 0.286. The zero-order chi connectivity index (χ0) is 14.4. The van der Waals surface area contributed by atoms with Crippen molar-refractivity contribution in [1.29, 1.82) is 0 Å². The van der Waals surface area contributed by atoms with E-state index in [0.717, 1.165) is 37.1 Å². The lowest BCUT2D eigenvalue weighted by atomic mass is 10.1. The topological polar surface area (TPSA) is 100 Å². The van der Waals surface area contributed by atoms with Gasteiger partial charge in [-0.15, -0.1) is 0 Å². The summed E-state index contributed by atoms with van der Waals surface area (Å²) in [6.45, 7) is 4.56. The summed E-state index contributed by atoms with van der Waals surface area (Å²) in [5.74, 6) is -1.60. The number of carbonyl (C=O) groups is 2. The number of nitrogens with one attached hydrogen (secondary N) is 3. The lowest BCUT2D eigenvalue weighted by Crippen LogP contribution is -2.39. The molecule has 1 aromatic carbocycles. The quantitative estimate of drug-likeness (QED) is 0.458. The molecule has 0 bridgehead atoms. The lowest BCUT2D eigenvalue weighted by Gasteiger charge is -2.11. The number of hydrogen-bond acceptors (Lipinski definition) is 4. The zero-order valence-electron chi connectivity index (χ0n) is 11.1. The highest BCUT2D eigenvalue weighted by Crippen LogP contribution is 2.17. The molecule has 0 aliphatic carbocycles. The van der Waals surface area contributed by atoms with Gasteiger partial charge in [0.1, 0.15) is 0 Å². The van der Waals surface area contributed by atoms with Gasteiger partial charge in [0.15, 0.2) is 0 Å². The van der Waals surface area contributed by atoms with E-state index in [9.17, 15) is 9.59 Å². The van der Waals surface area contributed by atoms with Gasteiger partial charge in [-0.05, 0) is 6.07 Å². The van der Waals surface area contributed by atoms with Crippen molar-refractivity contribution < 1.29 is 9.59 Å². The van der Waals surface area contributed by atoms with Crippen LogP contribution < -0.4 is 16.4 Å². The molecule has 2 heterocycles. The average molecular weight is 274 g/mol. The highest BCUT2D eigenvalue weighted by molar-refractivity contribution is 6.44. The number of ketones is 1. The first-order valence-electron chi connectivity index (χ1n) is 6.52. The van der Waals surface area contributed by atoms with Gasteiger partial charge in [0, 0.05) is 43.3 Å². The molecule has 106 valence electrons. The maximum absolute atomic E-state index is 11.3. The number of rotatable bonds is 2. The van der Waals surface area contributed by atoms with Crippen molar-refractivity contribution in [2.24, 2.45) is 5.73 Å². The van der Waals surface area contributed by atoms with Gasteiger partial charge in [-0.25, -0.2) is 0 Å². The SMILES string of the molecule is C1CNCCN1.NC(=O)C(=O)c1c[nH]c2ccccc12. The normalized spacial score (nSPS) is 14.4. The average Bonchev–Trinajstić information content (AvgIpc) is 2.92. The Balaban J connectivity index is 0.000000205. The molecule has 0 atom stereocenters. The smallest absolute Gasteiger partial charge is 0.289 e. The van der Waals surface area contributed by atoms with E-state index >= 15 is 0 Å². The van der Waals surface area contributed by atoms with Gasteiger partial charge < -0.3 is 21.4 Å². The monoisotopic (exact) mass is 274 g/mol. The molecule has 1 aliphatic rings. The molecule has 3 rings (SSSR count). The first kappa shape index (κ1) is 14.2. The highest BCUT2D eigenvalue weighted by atomic mass is 16.2. The van der Waals surface area contributed by atoms with Crippen molar-refractivity contribution in [2.75, 3.05) is 26.2 Å². The molecule has 1 aromatic heterocycles. The number of Topliss-reactive ketones (excluding diaryl/α,β-unsaturated/α-hetero) is 1. The van der Waals surface area contributed by atoms with Crippen LogP contribution in [0.25, 0.3) is 10.9 Å². The number of aromatic amines is 1. The summed E-state index contributed by atoms with van der Waals surface area (Å²) in [6.07, 6.45) is 1.50. The van der Waals surface area contributed by atoms with Crippen LogP contribution in [0.1, 0.15) is 10.4 Å². The Morgan fingerprint density at radius 1 is 1.00 bits per heavy atom. The summed E-state index contributed by atoms with van der Waals surface area (Å²) in [5, 5.41) is 7.16. The third kappa shape index (κ3) is 3.43. The van der Waals surface area contributed by atoms with E-state index < -0.39 is 11.7 Å². The van der Waals surface area contributed by atoms with Gasteiger partial charge in [0.25, 0.3) is 11.7 Å². The van der Waals surface area contributed by atoms with Crippen LogP contribution in [0.2, 0.25) is 0 Å². The minimum absolute atomic E-state index is 0.327. The Labute approximate surface area is 116 Å². The van der Waals surface area contributed by atoms with E-state index in [2.05, 4.69) is 15.6 Å². The van der Waals surface area contributed by atoms with Crippen molar-refractivity contribution in [2.45, 2.75) is 0 Å². The molecule has 6 nitrogen and oxygen atoms in total. The van der Waals surface area contributed by atoms with E-state index in [1.807, 2.05) is 12.1 Å². The van der Waals surface area contributed by atoms with Crippen molar-refractivity contribution in [3.05, 3.63) is 36.0 Å². The summed E-state index contributed by atoms with van der Waals surface area (Å²) in [4.78, 5) is 24.9. The number of nitrogens with two attached hydrogens (primary N) is 1. The van der Waals surface area contributed by atoms with Gasteiger partial charge in [0.2, 0.25) is 0 Å². The number of primary amides is 1. The molecule has 6 heteroatoms. The van der Waals surface area contributed by atoms with Gasteiger partial charge in [-0.2, -0.15) is 0 Å². The van der Waals surface area contributed by atoms with Gasteiger partial charge >= 0.3 is 0 Å². The Hall–Kier alpha value is -2.18. The number of hydrogen-bond donors (Lipinski definition) is 4. The van der Waals surface area contributed by atoms with Crippen LogP contribution in [0, 0.1) is 0 Å². The van der Waals surface area contributed by atoms with E-state index in [0.29, 0.717) is 5.56 Å². The maximum Gasteiger partial charge on any atom is 0.289 e. The van der Waals surface area contributed by atoms with Crippen LogP contribution in [-0.4, -0.2) is 42.9 Å². The standard InChI is InChI=1S/C10H8N2O2.C4H10N2/c11-10(14)9(13)7-5-12-8-4-2-1-3-6(7)8;1-2-6-4-3-5-1/h1-5,12H,(H2,11,14);5-6H,1-4H2. The van der Waals surface area contributed by atoms with E-state index in [4.69, 9.17) is 5.73 Å². The first-order valence-corrected chi connectivity index (χ1v) is 6.52. The third-order valence-corrected chi connectivity index (χ3v) is 3.01. The van der Waals surface area contributed by atoms with Crippen LogP contribution in [0.15, 0.2) is 30.5 Å². The fourth-order valence-electron chi connectivity index (χ4n) is 2.00. The number of piperazine rings is 1. The van der Waals surface area contributed by atoms with Crippen LogP contribution in [0.4, 0.5) is 0 Å². The highest BCUT2D eigenvalue weighted by Gasteiger charge is 2.16. The van der Waals surface area contributed by atoms with Crippen LogP contribution in [0.3, 0.4) is 0 Å². The van der Waals surface area contributed by atoms with E-state index in [-0.39, 0.29) is 0 Å². The summed E-state index contributed by atoms with van der Waals surface area (Å²) < 4.78 is 0. The molecule has 0 unspecified atom stereocenters. The number of benzene rings is 1. The molecule has 0 radical (unpaired) electrons. The first-order chi connectivity index (χ1) is 9.70. The second-order valence-electron chi connectivity index (χ2n) is 4.44. The predicted octanol–water partition coefficient (Wildman–Crippen LogP) is 0.0151. The van der Waals surface area contributed by atoms with Crippen LogP contribution >= 0.6 is 0 Å². The summed E-state index contributed by atoms with van der Waals surface area (Å²) >= 11 is 0. The second-order valence-corrected chi connectivity index (χ2v) is 4.44. The Bertz CT molecular complexity index is 590. The number of carbonyl (C=O) groups excluding carboxylic acids is 2. The summed E-state index contributed by atoms with van der Waals surface area (Å²) in [6, 6.07) is 7.24. The molecule has 1 saturated heterocycles. The number of fused-ring (bicyclic) bond motifs is 1. The molecule has 2 aromatic rings. The minimum atomic E-state index is -0.935. The van der Waals surface area contributed by atoms with Crippen molar-refractivity contribution in [3.63, 3.8) is 0 Å². The van der Waals surface area contributed by atoms with Gasteiger partial charge in [-0.1, -0.05) is 18.2 Å². The maximum atomic E-state index is 11.3. The van der Waals surface area contributed by atoms with E-state index in [1.165, 1.54) is 6.20 Å². The van der Waals surface area contributed by atoms with Gasteiger partial charge in [0.05, 0.1) is 5.56 Å². The lowest BCUT2D eigenvalue weighted by molar-refractivity contribution is -0.114. The molecular weight excluding hydrogens is 256 g/mol. The van der Waals surface area contributed by atoms with E-state index in [1.54, 1.807) is 12.1 Å². The third-order valence-electron chi connectivity index (χ3n) is 3.01. The molecule has 1 aliphatic heterocycles. The Morgan fingerprint density at radius 3 is 2.15 bits per heavy atom. The van der Waals surface area contributed by atoms with Crippen molar-refractivity contribution in [3.8, 4) is 0 Å². The molecular formula is C14H18N4O2.